The molecule has 2 heterocycles. The summed E-state index contributed by atoms with van der Waals surface area (Å²) in [6.07, 6.45) is 7.95. The average Bonchev–Trinajstić information content (AvgIpc) is 3.15. The maximum Gasteiger partial charge on any atom is 0.335 e. The van der Waals surface area contributed by atoms with E-state index in [-0.39, 0.29) is 29.0 Å². The van der Waals surface area contributed by atoms with Crippen LogP contribution in [0.4, 0.5) is 0 Å². The quantitative estimate of drug-likeness (QED) is 0.839. The lowest BCUT2D eigenvalue weighted by molar-refractivity contribution is -0.138. The van der Waals surface area contributed by atoms with Gasteiger partial charge in [-0.2, -0.15) is 0 Å². The van der Waals surface area contributed by atoms with Gasteiger partial charge in [0.25, 0.3) is 0 Å². The SMILES string of the molecule is CS(=O)(=O)c1nnc([C@@H]2CCCN2C(=O)C2CCCCC2)o1. The van der Waals surface area contributed by atoms with Gasteiger partial charge in [-0.15, -0.1) is 5.10 Å². The highest BCUT2D eigenvalue weighted by atomic mass is 32.2. The van der Waals surface area contributed by atoms with Gasteiger partial charge in [0.15, 0.2) is 0 Å². The molecule has 0 aromatic carbocycles. The second-order valence-electron chi connectivity index (χ2n) is 6.20. The number of carbonyl (C=O) groups excluding carboxylic acids is 1. The third kappa shape index (κ3) is 3.02. The summed E-state index contributed by atoms with van der Waals surface area (Å²) in [5.41, 5.74) is 0. The monoisotopic (exact) mass is 327 g/mol. The van der Waals surface area contributed by atoms with Crippen LogP contribution < -0.4 is 0 Å². The highest BCUT2D eigenvalue weighted by Gasteiger charge is 2.37. The Morgan fingerprint density at radius 3 is 2.50 bits per heavy atom. The van der Waals surface area contributed by atoms with E-state index >= 15 is 0 Å². The summed E-state index contributed by atoms with van der Waals surface area (Å²) in [6.45, 7) is 0.677. The molecule has 3 rings (SSSR count). The van der Waals surface area contributed by atoms with Crippen molar-refractivity contribution in [3.05, 3.63) is 5.89 Å². The number of amides is 1. The van der Waals surface area contributed by atoms with Gasteiger partial charge in [0.1, 0.15) is 6.04 Å². The topological polar surface area (TPSA) is 93.4 Å². The zero-order valence-electron chi connectivity index (χ0n) is 12.7. The minimum Gasteiger partial charge on any atom is -0.410 e. The van der Waals surface area contributed by atoms with Crippen molar-refractivity contribution in [1.82, 2.24) is 15.1 Å². The minimum absolute atomic E-state index is 0.0895. The van der Waals surface area contributed by atoms with Gasteiger partial charge in [-0.25, -0.2) is 8.42 Å². The molecule has 7 nitrogen and oxygen atoms in total. The van der Waals surface area contributed by atoms with Crippen LogP contribution in [0.25, 0.3) is 0 Å². The second-order valence-corrected chi connectivity index (χ2v) is 8.10. The lowest BCUT2D eigenvalue weighted by atomic mass is 9.88. The summed E-state index contributed by atoms with van der Waals surface area (Å²) < 4.78 is 28.2. The van der Waals surface area contributed by atoms with Crippen LogP contribution in [0.2, 0.25) is 0 Å². The van der Waals surface area contributed by atoms with Crippen molar-refractivity contribution in [1.29, 1.82) is 0 Å². The largest absolute Gasteiger partial charge is 0.410 e. The van der Waals surface area contributed by atoms with E-state index in [1.165, 1.54) is 6.42 Å². The zero-order chi connectivity index (χ0) is 15.7. The van der Waals surface area contributed by atoms with Crippen LogP contribution in [-0.2, 0) is 14.6 Å². The normalized spacial score (nSPS) is 23.9. The van der Waals surface area contributed by atoms with Crippen molar-refractivity contribution in [2.45, 2.75) is 56.2 Å². The van der Waals surface area contributed by atoms with Crippen LogP contribution in [0.15, 0.2) is 9.64 Å². The van der Waals surface area contributed by atoms with Crippen LogP contribution in [0.1, 0.15) is 56.9 Å². The molecule has 1 atom stereocenters. The molecule has 0 radical (unpaired) electrons. The molecule has 0 unspecified atom stereocenters. The molecule has 8 heteroatoms. The van der Waals surface area contributed by atoms with Gasteiger partial charge in [-0.1, -0.05) is 24.4 Å². The fraction of sp³-hybridized carbons (Fsp3) is 0.786. The third-order valence-corrected chi connectivity index (χ3v) is 5.31. The van der Waals surface area contributed by atoms with Crippen LogP contribution in [0.3, 0.4) is 0 Å². The van der Waals surface area contributed by atoms with Gasteiger partial charge < -0.3 is 9.32 Å². The molecule has 1 aliphatic carbocycles. The molecule has 1 amide bonds. The molecular weight excluding hydrogens is 306 g/mol. The molecule has 2 fully saturated rings. The summed E-state index contributed by atoms with van der Waals surface area (Å²) in [7, 11) is -3.51. The van der Waals surface area contributed by atoms with Crippen LogP contribution >= 0.6 is 0 Å². The predicted octanol–water partition coefficient (Wildman–Crippen LogP) is 1.72. The average molecular weight is 327 g/mol. The molecule has 22 heavy (non-hydrogen) atoms. The van der Waals surface area contributed by atoms with Crippen molar-refractivity contribution in [3.63, 3.8) is 0 Å². The highest BCUT2D eigenvalue weighted by Crippen LogP contribution is 2.35. The summed E-state index contributed by atoms with van der Waals surface area (Å²) in [6, 6.07) is -0.280. The fourth-order valence-corrected chi connectivity index (χ4v) is 3.80. The number of rotatable bonds is 3. The summed E-state index contributed by atoms with van der Waals surface area (Å²) >= 11 is 0. The number of aromatic nitrogens is 2. The first kappa shape index (κ1) is 15.5. The van der Waals surface area contributed by atoms with Gasteiger partial charge in [0.05, 0.1) is 0 Å². The Hall–Kier alpha value is -1.44. The first-order chi connectivity index (χ1) is 10.5. The lowest BCUT2D eigenvalue weighted by Crippen LogP contribution is -2.36. The third-order valence-electron chi connectivity index (χ3n) is 4.51. The van der Waals surface area contributed by atoms with Gasteiger partial charge >= 0.3 is 5.22 Å². The number of carbonyl (C=O) groups is 1. The van der Waals surface area contributed by atoms with Crippen LogP contribution in [0.5, 0.6) is 0 Å². The number of hydrogen-bond acceptors (Lipinski definition) is 6. The number of likely N-dealkylation sites (tertiary alicyclic amines) is 1. The molecular formula is C14H21N3O4S. The standard InChI is InChI=1S/C14H21N3O4S/c1-22(19,20)14-16-15-12(21-14)11-8-5-9-17(11)13(18)10-6-3-2-4-7-10/h10-11H,2-9H2,1H3/t11-/m0/s1. The van der Waals surface area contributed by atoms with E-state index in [4.69, 9.17) is 4.42 Å². The van der Waals surface area contributed by atoms with Gasteiger partial charge in [0.2, 0.25) is 21.6 Å². The Labute approximate surface area is 130 Å². The van der Waals surface area contributed by atoms with Crippen molar-refractivity contribution >= 4 is 15.7 Å². The molecule has 1 aromatic rings. The molecule has 1 aliphatic heterocycles. The number of nitrogens with zero attached hydrogens (tertiary/aromatic N) is 3. The molecule has 1 saturated carbocycles. The van der Waals surface area contributed by atoms with Crippen molar-refractivity contribution in [2.24, 2.45) is 5.92 Å². The van der Waals surface area contributed by atoms with E-state index < -0.39 is 9.84 Å². The van der Waals surface area contributed by atoms with Crippen LogP contribution in [0, 0.1) is 5.92 Å². The first-order valence-corrected chi connectivity index (χ1v) is 9.70. The van der Waals surface area contributed by atoms with Crippen molar-refractivity contribution in [3.8, 4) is 0 Å². The summed E-state index contributed by atoms with van der Waals surface area (Å²) in [5, 5.41) is 7.07. The fourth-order valence-electron chi connectivity index (χ4n) is 3.38. The van der Waals surface area contributed by atoms with Crippen molar-refractivity contribution < 1.29 is 17.6 Å². The molecule has 1 saturated heterocycles. The molecule has 0 bridgehead atoms. The predicted molar refractivity (Wildman–Crippen MR) is 77.7 cm³/mol. The van der Waals surface area contributed by atoms with E-state index in [9.17, 15) is 13.2 Å². The number of hydrogen-bond donors (Lipinski definition) is 0. The highest BCUT2D eigenvalue weighted by molar-refractivity contribution is 7.90. The lowest BCUT2D eigenvalue weighted by Gasteiger charge is -2.29. The van der Waals surface area contributed by atoms with E-state index in [1.807, 2.05) is 0 Å². The Balaban J connectivity index is 1.78. The molecule has 1 aromatic heterocycles. The smallest absolute Gasteiger partial charge is 0.335 e. The Morgan fingerprint density at radius 1 is 1.14 bits per heavy atom. The molecule has 2 aliphatic rings. The van der Waals surface area contributed by atoms with E-state index in [0.29, 0.717) is 6.54 Å². The zero-order valence-corrected chi connectivity index (χ0v) is 13.5. The van der Waals surface area contributed by atoms with E-state index in [1.54, 1.807) is 4.90 Å². The van der Waals surface area contributed by atoms with E-state index in [2.05, 4.69) is 10.2 Å². The van der Waals surface area contributed by atoms with Gasteiger partial charge in [-0.05, 0) is 25.7 Å². The minimum atomic E-state index is -3.51. The molecule has 122 valence electrons. The summed E-state index contributed by atoms with van der Waals surface area (Å²) in [4.78, 5) is 14.5. The Morgan fingerprint density at radius 2 is 1.86 bits per heavy atom. The van der Waals surface area contributed by atoms with Crippen LogP contribution in [-0.4, -0.2) is 42.2 Å². The Bertz CT molecular complexity index is 649. The summed E-state index contributed by atoms with van der Waals surface area (Å²) in [5.74, 6) is 0.482. The maximum atomic E-state index is 12.7. The second kappa shape index (κ2) is 5.98. The maximum absolute atomic E-state index is 12.7. The number of sulfone groups is 1. The van der Waals surface area contributed by atoms with Gasteiger partial charge in [-0.3, -0.25) is 4.79 Å². The molecule has 0 N–H and O–H groups in total. The molecule has 0 spiro atoms. The first-order valence-electron chi connectivity index (χ1n) is 7.81. The van der Waals surface area contributed by atoms with E-state index in [0.717, 1.165) is 44.8 Å². The van der Waals surface area contributed by atoms with Gasteiger partial charge in [0, 0.05) is 18.7 Å². The Kier molecular flexibility index (Phi) is 4.20. The van der Waals surface area contributed by atoms with Crippen molar-refractivity contribution in [2.75, 3.05) is 12.8 Å².